The molecule has 2 aliphatic heterocycles. The first kappa shape index (κ1) is 21.1. The number of halogens is 1. The van der Waals surface area contributed by atoms with Crippen LogP contribution in [0.15, 0.2) is 41.3 Å². The van der Waals surface area contributed by atoms with Crippen LogP contribution in [0.1, 0.15) is 15.9 Å². The number of hydrogen-bond donors (Lipinski definition) is 1. The standard InChI is InChI=1S/C22H22ClN5O3S/c1-32-18-5-13(4-17(23)7-18)12-31-22(30)28-10-15-8-27(9-16(15)11-28)21(29)14-2-3-19-20(6-14)25-26-24-19/h2-7,15-16H,8-12H2,1H3,(H,24,25,26). The summed E-state index contributed by atoms with van der Waals surface area (Å²) in [6, 6.07) is 11.0. The Kier molecular flexibility index (Phi) is 5.69. The number of carbonyl (C=O) groups excluding carboxylic acids is 2. The molecule has 2 atom stereocenters. The molecule has 1 N–H and O–H groups in total. The van der Waals surface area contributed by atoms with Crippen LogP contribution in [0.4, 0.5) is 4.79 Å². The van der Waals surface area contributed by atoms with Crippen LogP contribution in [0.2, 0.25) is 5.02 Å². The van der Waals surface area contributed by atoms with Crippen LogP contribution < -0.4 is 0 Å². The number of hydrogen-bond acceptors (Lipinski definition) is 6. The summed E-state index contributed by atoms with van der Waals surface area (Å²) in [5, 5.41) is 11.3. The number of nitrogens with one attached hydrogen (secondary N) is 1. The average molecular weight is 472 g/mol. The van der Waals surface area contributed by atoms with Crippen LogP contribution in [-0.2, 0) is 11.3 Å². The lowest BCUT2D eigenvalue weighted by molar-refractivity contribution is 0.0764. The largest absolute Gasteiger partial charge is 0.445 e. The molecule has 166 valence electrons. The highest BCUT2D eigenvalue weighted by Crippen LogP contribution is 2.32. The minimum atomic E-state index is -0.320. The van der Waals surface area contributed by atoms with Gasteiger partial charge in [-0.25, -0.2) is 4.79 Å². The number of benzene rings is 2. The fourth-order valence-corrected chi connectivity index (χ4v) is 5.36. The Morgan fingerprint density at radius 3 is 2.53 bits per heavy atom. The van der Waals surface area contributed by atoms with E-state index in [0.29, 0.717) is 42.3 Å². The Morgan fingerprint density at radius 2 is 1.78 bits per heavy atom. The van der Waals surface area contributed by atoms with Crippen molar-refractivity contribution >= 4 is 46.4 Å². The van der Waals surface area contributed by atoms with Crippen molar-refractivity contribution in [1.29, 1.82) is 0 Å². The second-order valence-electron chi connectivity index (χ2n) is 8.22. The highest BCUT2D eigenvalue weighted by atomic mass is 35.5. The van der Waals surface area contributed by atoms with E-state index < -0.39 is 0 Å². The predicted molar refractivity (Wildman–Crippen MR) is 122 cm³/mol. The average Bonchev–Trinajstić information content (AvgIpc) is 3.50. The molecule has 2 aliphatic rings. The first-order chi connectivity index (χ1) is 15.5. The van der Waals surface area contributed by atoms with Crippen molar-refractivity contribution in [1.82, 2.24) is 25.2 Å². The lowest BCUT2D eigenvalue weighted by Gasteiger charge is -2.21. The van der Waals surface area contributed by atoms with Crippen molar-refractivity contribution in [3.63, 3.8) is 0 Å². The number of likely N-dealkylation sites (tertiary alicyclic amines) is 2. The summed E-state index contributed by atoms with van der Waals surface area (Å²) >= 11 is 7.73. The Morgan fingerprint density at radius 1 is 1.06 bits per heavy atom. The summed E-state index contributed by atoms with van der Waals surface area (Å²) < 4.78 is 5.53. The number of ether oxygens (including phenoxy) is 1. The zero-order chi connectivity index (χ0) is 22.2. The first-order valence-corrected chi connectivity index (χ1v) is 12.0. The Labute approximate surface area is 194 Å². The van der Waals surface area contributed by atoms with Gasteiger partial charge in [0.25, 0.3) is 5.91 Å². The van der Waals surface area contributed by atoms with Crippen LogP contribution in [0.25, 0.3) is 11.0 Å². The first-order valence-electron chi connectivity index (χ1n) is 10.3. The van der Waals surface area contributed by atoms with Gasteiger partial charge in [0.15, 0.2) is 0 Å². The summed E-state index contributed by atoms with van der Waals surface area (Å²) in [6.45, 7) is 2.65. The molecule has 1 aromatic heterocycles. The van der Waals surface area contributed by atoms with E-state index in [4.69, 9.17) is 16.3 Å². The summed E-state index contributed by atoms with van der Waals surface area (Å²) in [7, 11) is 0. The molecule has 2 unspecified atom stereocenters. The van der Waals surface area contributed by atoms with Gasteiger partial charge in [0.2, 0.25) is 0 Å². The number of nitrogens with zero attached hydrogens (tertiary/aromatic N) is 4. The number of rotatable bonds is 4. The lowest BCUT2D eigenvalue weighted by Crippen LogP contribution is -2.35. The molecule has 0 aliphatic carbocycles. The minimum absolute atomic E-state index is 0.0102. The third-order valence-electron chi connectivity index (χ3n) is 6.12. The third kappa shape index (κ3) is 4.14. The van der Waals surface area contributed by atoms with E-state index in [1.54, 1.807) is 34.9 Å². The number of H-pyrrole nitrogens is 1. The molecule has 10 heteroatoms. The molecule has 2 saturated heterocycles. The molecular weight excluding hydrogens is 450 g/mol. The topological polar surface area (TPSA) is 91.4 Å². The van der Waals surface area contributed by atoms with Gasteiger partial charge in [-0.2, -0.15) is 15.4 Å². The smallest absolute Gasteiger partial charge is 0.410 e. The van der Waals surface area contributed by atoms with Gasteiger partial charge in [-0.05, 0) is 48.2 Å². The zero-order valence-corrected chi connectivity index (χ0v) is 19.0. The normalized spacial score (nSPS) is 20.1. The van der Waals surface area contributed by atoms with Crippen molar-refractivity contribution in [3.8, 4) is 0 Å². The highest BCUT2D eigenvalue weighted by molar-refractivity contribution is 7.98. The number of carbonyl (C=O) groups is 2. The Balaban J connectivity index is 1.16. The number of aromatic amines is 1. The maximum Gasteiger partial charge on any atom is 0.410 e. The SMILES string of the molecule is CSc1cc(Cl)cc(COC(=O)N2CC3CN(C(=O)c4ccc5n[nH]nc5c4)CC3C2)c1. The molecule has 0 saturated carbocycles. The fraction of sp³-hybridized carbons (Fsp3) is 0.364. The number of amides is 2. The van der Waals surface area contributed by atoms with E-state index in [1.165, 1.54) is 0 Å². The summed E-state index contributed by atoms with van der Waals surface area (Å²) in [5.41, 5.74) is 2.88. The number of fused-ring (bicyclic) bond motifs is 2. The second-order valence-corrected chi connectivity index (χ2v) is 9.53. The predicted octanol–water partition coefficient (Wildman–Crippen LogP) is 3.67. The van der Waals surface area contributed by atoms with Crippen LogP contribution in [0, 0.1) is 11.8 Å². The van der Waals surface area contributed by atoms with Crippen LogP contribution >= 0.6 is 23.4 Å². The quantitative estimate of drug-likeness (QED) is 0.584. The van der Waals surface area contributed by atoms with Crippen LogP contribution in [-0.4, -0.2) is 69.6 Å². The Bertz CT molecular complexity index is 1170. The van der Waals surface area contributed by atoms with Gasteiger partial charge >= 0.3 is 6.09 Å². The van der Waals surface area contributed by atoms with Gasteiger partial charge < -0.3 is 14.5 Å². The fourth-order valence-electron chi connectivity index (χ4n) is 4.52. The van der Waals surface area contributed by atoms with Gasteiger partial charge in [0, 0.05) is 53.5 Å². The molecule has 5 rings (SSSR count). The highest BCUT2D eigenvalue weighted by Gasteiger charge is 2.43. The molecule has 0 bridgehead atoms. The van der Waals surface area contributed by atoms with Crippen molar-refractivity contribution < 1.29 is 14.3 Å². The van der Waals surface area contributed by atoms with Gasteiger partial charge in [0.05, 0.1) is 0 Å². The molecule has 2 amide bonds. The molecular formula is C22H22ClN5O3S. The maximum absolute atomic E-state index is 12.9. The van der Waals surface area contributed by atoms with Gasteiger partial charge in [-0.1, -0.05) is 11.6 Å². The molecule has 8 nitrogen and oxygen atoms in total. The van der Waals surface area contributed by atoms with Crippen molar-refractivity contribution in [3.05, 3.63) is 52.5 Å². The molecule has 2 aromatic carbocycles. The molecule has 3 aromatic rings. The molecule has 3 heterocycles. The second kappa shape index (κ2) is 8.63. The molecule has 32 heavy (non-hydrogen) atoms. The molecule has 0 spiro atoms. The van der Waals surface area contributed by atoms with E-state index in [0.717, 1.165) is 16.0 Å². The van der Waals surface area contributed by atoms with Gasteiger partial charge in [0.1, 0.15) is 17.6 Å². The number of thioether (sulfide) groups is 1. The van der Waals surface area contributed by atoms with E-state index in [2.05, 4.69) is 15.4 Å². The lowest BCUT2D eigenvalue weighted by atomic mass is 10.0. The monoisotopic (exact) mass is 471 g/mol. The number of aromatic nitrogens is 3. The van der Waals surface area contributed by atoms with E-state index in [9.17, 15) is 9.59 Å². The summed E-state index contributed by atoms with van der Waals surface area (Å²) in [6.07, 6.45) is 1.66. The van der Waals surface area contributed by atoms with Crippen molar-refractivity contribution in [2.45, 2.75) is 11.5 Å². The van der Waals surface area contributed by atoms with E-state index in [-0.39, 0.29) is 30.4 Å². The van der Waals surface area contributed by atoms with Crippen molar-refractivity contribution in [2.75, 3.05) is 32.4 Å². The summed E-state index contributed by atoms with van der Waals surface area (Å²) in [4.78, 5) is 30.2. The van der Waals surface area contributed by atoms with Crippen LogP contribution in [0.3, 0.4) is 0 Å². The zero-order valence-electron chi connectivity index (χ0n) is 17.5. The van der Waals surface area contributed by atoms with Gasteiger partial charge in [-0.15, -0.1) is 11.8 Å². The third-order valence-corrected chi connectivity index (χ3v) is 7.05. The van der Waals surface area contributed by atoms with E-state index in [1.807, 2.05) is 29.4 Å². The molecule has 0 radical (unpaired) electrons. The minimum Gasteiger partial charge on any atom is -0.445 e. The maximum atomic E-state index is 12.9. The van der Waals surface area contributed by atoms with Crippen molar-refractivity contribution in [2.24, 2.45) is 11.8 Å². The summed E-state index contributed by atoms with van der Waals surface area (Å²) in [5.74, 6) is 0.511. The van der Waals surface area contributed by atoms with Gasteiger partial charge in [-0.3, -0.25) is 4.79 Å². The van der Waals surface area contributed by atoms with E-state index >= 15 is 0 Å². The molecule has 2 fully saturated rings. The Hall–Kier alpha value is -2.78. The van der Waals surface area contributed by atoms with Crippen LogP contribution in [0.5, 0.6) is 0 Å².